The van der Waals surface area contributed by atoms with Gasteiger partial charge in [0.1, 0.15) is 0 Å². The van der Waals surface area contributed by atoms with Crippen LogP contribution in [0.2, 0.25) is 0 Å². The number of hydrogen-bond acceptors (Lipinski definition) is 4. The van der Waals surface area contributed by atoms with Gasteiger partial charge in [-0.1, -0.05) is 13.3 Å². The molecule has 0 radical (unpaired) electrons. The maximum atomic E-state index is 11.3. The Kier molecular flexibility index (Phi) is 5.10. The van der Waals surface area contributed by atoms with Crippen LogP contribution in [0.3, 0.4) is 0 Å². The fraction of sp³-hybridized carbons (Fsp3) is 0.800. The molecule has 0 saturated heterocycles. The monoisotopic (exact) mass is 200 g/mol. The van der Waals surface area contributed by atoms with Gasteiger partial charge in [-0.05, 0) is 26.2 Å². The van der Waals surface area contributed by atoms with Gasteiger partial charge in [0.2, 0.25) is 0 Å². The number of rotatable bonds is 3. The van der Waals surface area contributed by atoms with Crippen LogP contribution in [0.4, 0.5) is 0 Å². The first-order chi connectivity index (χ1) is 6.56. The van der Waals surface area contributed by atoms with Gasteiger partial charge in [0.05, 0.1) is 12.0 Å². The van der Waals surface area contributed by atoms with Crippen molar-refractivity contribution in [3.63, 3.8) is 0 Å². The van der Waals surface area contributed by atoms with Gasteiger partial charge in [-0.15, -0.1) is 0 Å². The highest BCUT2D eigenvalue weighted by molar-refractivity contribution is 5.80. The summed E-state index contributed by atoms with van der Waals surface area (Å²) in [4.78, 5) is 27.5. The normalized spacial score (nSPS) is 28.1. The number of ether oxygens (including phenoxy) is 1. The standard InChI is InChI=1S/C9H16O2.CO2/c1-4-7-6-9(7,3)8(10)11-5-2;2-1-3/h7H,4-6H2,1-3H3;/t7-,9+;/m0./s1. The Bertz CT molecular complexity index is 230. The Morgan fingerprint density at radius 2 is 2.00 bits per heavy atom. The second-order valence-corrected chi connectivity index (χ2v) is 3.53. The SMILES string of the molecule is CCOC(=O)[C@]1(C)C[C@@H]1CC.O=C=O. The fourth-order valence-electron chi connectivity index (χ4n) is 1.59. The minimum absolute atomic E-state index is 0.00755. The van der Waals surface area contributed by atoms with E-state index in [2.05, 4.69) is 6.92 Å². The highest BCUT2D eigenvalue weighted by atomic mass is 16.5. The van der Waals surface area contributed by atoms with E-state index in [1.54, 1.807) is 0 Å². The van der Waals surface area contributed by atoms with E-state index >= 15 is 0 Å². The molecular formula is C10H16O4. The highest BCUT2D eigenvalue weighted by Gasteiger charge is 2.55. The Hall–Kier alpha value is -1.15. The molecular weight excluding hydrogens is 184 g/mol. The molecule has 0 aromatic carbocycles. The lowest BCUT2D eigenvalue weighted by molar-refractivity contribution is -0.191. The Morgan fingerprint density at radius 3 is 2.29 bits per heavy atom. The molecule has 1 aliphatic rings. The predicted molar refractivity (Wildman–Crippen MR) is 48.1 cm³/mol. The third kappa shape index (κ3) is 2.96. The summed E-state index contributed by atoms with van der Waals surface area (Å²) in [5.74, 6) is 0.563. The molecule has 14 heavy (non-hydrogen) atoms. The Morgan fingerprint density at radius 1 is 1.50 bits per heavy atom. The summed E-state index contributed by atoms with van der Waals surface area (Å²) in [6.07, 6.45) is 2.36. The molecule has 1 aliphatic carbocycles. The van der Waals surface area contributed by atoms with Crippen molar-refractivity contribution in [1.29, 1.82) is 0 Å². The summed E-state index contributed by atoms with van der Waals surface area (Å²) in [6, 6.07) is 0. The topological polar surface area (TPSA) is 60.4 Å². The van der Waals surface area contributed by atoms with Crippen molar-refractivity contribution < 1.29 is 19.1 Å². The van der Waals surface area contributed by atoms with Gasteiger partial charge in [0, 0.05) is 0 Å². The first-order valence-electron chi connectivity index (χ1n) is 4.73. The van der Waals surface area contributed by atoms with E-state index in [0.29, 0.717) is 12.5 Å². The van der Waals surface area contributed by atoms with Crippen LogP contribution in [0, 0.1) is 11.3 Å². The molecule has 4 nitrogen and oxygen atoms in total. The van der Waals surface area contributed by atoms with E-state index in [4.69, 9.17) is 14.3 Å². The molecule has 1 fully saturated rings. The van der Waals surface area contributed by atoms with Crippen molar-refractivity contribution in [3.8, 4) is 0 Å². The summed E-state index contributed by atoms with van der Waals surface area (Å²) in [7, 11) is 0. The molecule has 0 unspecified atom stereocenters. The van der Waals surface area contributed by atoms with Crippen LogP contribution in [-0.4, -0.2) is 18.7 Å². The van der Waals surface area contributed by atoms with E-state index < -0.39 is 0 Å². The second-order valence-electron chi connectivity index (χ2n) is 3.53. The smallest absolute Gasteiger partial charge is 0.373 e. The molecule has 0 aromatic heterocycles. The van der Waals surface area contributed by atoms with Crippen LogP contribution >= 0.6 is 0 Å². The molecule has 0 aliphatic heterocycles. The van der Waals surface area contributed by atoms with Crippen LogP contribution in [0.1, 0.15) is 33.6 Å². The van der Waals surface area contributed by atoms with E-state index in [-0.39, 0.29) is 17.5 Å². The second kappa shape index (κ2) is 5.55. The zero-order valence-electron chi connectivity index (χ0n) is 8.83. The van der Waals surface area contributed by atoms with Crippen LogP contribution in [-0.2, 0) is 19.1 Å². The van der Waals surface area contributed by atoms with Crippen molar-refractivity contribution >= 4 is 12.1 Å². The number of esters is 1. The number of carbonyl (C=O) groups is 1. The summed E-state index contributed by atoms with van der Waals surface area (Å²) >= 11 is 0. The van der Waals surface area contributed by atoms with E-state index in [9.17, 15) is 4.79 Å². The maximum Gasteiger partial charge on any atom is 0.373 e. The Balaban J connectivity index is 0.000000500. The van der Waals surface area contributed by atoms with Crippen molar-refractivity contribution in [2.24, 2.45) is 11.3 Å². The van der Waals surface area contributed by atoms with Crippen LogP contribution in [0.5, 0.6) is 0 Å². The lowest BCUT2D eigenvalue weighted by atomic mass is 10.1. The van der Waals surface area contributed by atoms with Gasteiger partial charge in [0.15, 0.2) is 0 Å². The zero-order chi connectivity index (χ0) is 11.2. The molecule has 2 atom stereocenters. The average Bonchev–Trinajstić information content (AvgIpc) is 2.81. The van der Waals surface area contributed by atoms with Crippen molar-refractivity contribution in [2.45, 2.75) is 33.6 Å². The van der Waals surface area contributed by atoms with Crippen molar-refractivity contribution in [3.05, 3.63) is 0 Å². The average molecular weight is 200 g/mol. The van der Waals surface area contributed by atoms with Crippen LogP contribution < -0.4 is 0 Å². The quantitative estimate of drug-likeness (QED) is 0.646. The summed E-state index contributed by atoms with van der Waals surface area (Å²) in [6.45, 7) is 6.48. The molecule has 0 heterocycles. The molecule has 1 saturated carbocycles. The van der Waals surface area contributed by atoms with Gasteiger partial charge in [-0.3, -0.25) is 4.79 Å². The molecule has 4 heteroatoms. The zero-order valence-corrected chi connectivity index (χ0v) is 8.83. The summed E-state index contributed by atoms with van der Waals surface area (Å²) in [5, 5.41) is 0. The maximum absolute atomic E-state index is 11.3. The lowest BCUT2D eigenvalue weighted by Gasteiger charge is -2.08. The van der Waals surface area contributed by atoms with Gasteiger partial charge < -0.3 is 4.74 Å². The van der Waals surface area contributed by atoms with Gasteiger partial charge >= 0.3 is 12.1 Å². The number of carbonyl (C=O) groups excluding carboxylic acids is 3. The molecule has 0 aromatic rings. The van der Waals surface area contributed by atoms with Crippen LogP contribution in [0.25, 0.3) is 0 Å². The minimum Gasteiger partial charge on any atom is -0.466 e. The third-order valence-electron chi connectivity index (χ3n) is 2.65. The molecule has 0 amide bonds. The summed E-state index contributed by atoms with van der Waals surface area (Å²) < 4.78 is 4.96. The lowest BCUT2D eigenvalue weighted by Crippen LogP contribution is -2.17. The first-order valence-corrected chi connectivity index (χ1v) is 4.73. The van der Waals surface area contributed by atoms with Crippen molar-refractivity contribution in [2.75, 3.05) is 6.61 Å². The third-order valence-corrected chi connectivity index (χ3v) is 2.65. The summed E-state index contributed by atoms with van der Waals surface area (Å²) in [5.41, 5.74) is -0.134. The van der Waals surface area contributed by atoms with E-state index in [1.807, 2.05) is 13.8 Å². The predicted octanol–water partition coefficient (Wildman–Crippen LogP) is 1.40. The molecule has 0 bridgehead atoms. The Labute approximate surface area is 83.6 Å². The molecule has 0 N–H and O–H groups in total. The fourth-order valence-corrected chi connectivity index (χ4v) is 1.59. The number of hydrogen-bond donors (Lipinski definition) is 0. The van der Waals surface area contributed by atoms with Gasteiger partial charge in [-0.2, -0.15) is 9.59 Å². The van der Waals surface area contributed by atoms with Gasteiger partial charge in [-0.25, -0.2) is 0 Å². The largest absolute Gasteiger partial charge is 0.466 e. The molecule has 0 spiro atoms. The van der Waals surface area contributed by atoms with E-state index in [1.165, 1.54) is 0 Å². The molecule has 80 valence electrons. The van der Waals surface area contributed by atoms with Crippen LogP contribution in [0.15, 0.2) is 0 Å². The highest BCUT2D eigenvalue weighted by Crippen LogP contribution is 2.54. The first kappa shape index (κ1) is 12.8. The van der Waals surface area contributed by atoms with Crippen molar-refractivity contribution in [1.82, 2.24) is 0 Å². The molecule has 1 rings (SSSR count). The van der Waals surface area contributed by atoms with Gasteiger partial charge in [0.25, 0.3) is 0 Å². The van der Waals surface area contributed by atoms with E-state index in [0.717, 1.165) is 12.8 Å². The minimum atomic E-state index is -0.134.